The summed E-state index contributed by atoms with van der Waals surface area (Å²) in [5.74, 6) is -1.03. The SMILES string of the molecule is CCn1cc(C(=O)C(=O)N(c2cccc3cccnc23)C2CCC2)cn1. The van der Waals surface area contributed by atoms with Crippen molar-refractivity contribution >= 4 is 28.3 Å². The molecule has 0 spiro atoms. The number of anilines is 1. The second-order valence-electron chi connectivity index (χ2n) is 6.53. The summed E-state index contributed by atoms with van der Waals surface area (Å²) in [6, 6.07) is 9.60. The quantitative estimate of drug-likeness (QED) is 0.524. The van der Waals surface area contributed by atoms with E-state index in [0.717, 1.165) is 30.2 Å². The van der Waals surface area contributed by atoms with Crippen LogP contribution in [0.2, 0.25) is 0 Å². The molecule has 2 aromatic heterocycles. The van der Waals surface area contributed by atoms with Gasteiger partial charge in [0.1, 0.15) is 0 Å². The number of Topliss-reactive ketones (excluding diaryl/α,β-unsaturated/α-hetero) is 1. The molecule has 1 aliphatic carbocycles. The molecule has 3 aromatic rings. The van der Waals surface area contributed by atoms with E-state index in [9.17, 15) is 9.59 Å². The number of ketones is 1. The predicted octanol–water partition coefficient (Wildman–Crippen LogP) is 3.22. The second-order valence-corrected chi connectivity index (χ2v) is 6.53. The minimum absolute atomic E-state index is 0.0419. The van der Waals surface area contributed by atoms with Crippen LogP contribution in [-0.2, 0) is 11.3 Å². The summed E-state index contributed by atoms with van der Waals surface area (Å²) in [4.78, 5) is 32.0. The van der Waals surface area contributed by atoms with Gasteiger partial charge in [-0.2, -0.15) is 5.10 Å². The number of para-hydroxylation sites is 1. The number of fused-ring (bicyclic) bond motifs is 1. The Morgan fingerprint density at radius 1 is 1.23 bits per heavy atom. The van der Waals surface area contributed by atoms with Crippen molar-refractivity contribution in [3.63, 3.8) is 0 Å². The van der Waals surface area contributed by atoms with Crippen LogP contribution in [0.1, 0.15) is 36.5 Å². The van der Waals surface area contributed by atoms with Crippen molar-refractivity contribution < 1.29 is 9.59 Å². The third-order valence-electron chi connectivity index (χ3n) is 4.94. The average Bonchev–Trinajstić information content (AvgIpc) is 3.12. The van der Waals surface area contributed by atoms with Gasteiger partial charge >= 0.3 is 0 Å². The van der Waals surface area contributed by atoms with Crippen molar-refractivity contribution in [1.29, 1.82) is 0 Å². The molecule has 1 saturated carbocycles. The maximum absolute atomic E-state index is 13.1. The van der Waals surface area contributed by atoms with E-state index >= 15 is 0 Å². The van der Waals surface area contributed by atoms with Crippen molar-refractivity contribution in [3.8, 4) is 0 Å². The number of aryl methyl sites for hydroxylation is 1. The molecule has 0 unspecified atom stereocenters. The Balaban J connectivity index is 1.75. The van der Waals surface area contributed by atoms with Crippen LogP contribution in [0.3, 0.4) is 0 Å². The van der Waals surface area contributed by atoms with Crippen LogP contribution in [0.25, 0.3) is 10.9 Å². The topological polar surface area (TPSA) is 68.1 Å². The smallest absolute Gasteiger partial charge is 0.299 e. The number of hydrogen-bond acceptors (Lipinski definition) is 4. The molecule has 132 valence electrons. The first kappa shape index (κ1) is 16.4. The standard InChI is InChI=1S/C20H20N4O2/c1-2-23-13-15(12-22-23)19(25)20(26)24(16-8-4-9-16)17-10-3-6-14-7-5-11-21-18(14)17/h3,5-7,10-13,16H,2,4,8-9H2,1H3. The summed E-state index contributed by atoms with van der Waals surface area (Å²) < 4.78 is 1.65. The molecule has 26 heavy (non-hydrogen) atoms. The third-order valence-corrected chi connectivity index (χ3v) is 4.94. The van der Waals surface area contributed by atoms with E-state index in [1.54, 1.807) is 22.0 Å². The molecule has 2 heterocycles. The number of hydrogen-bond donors (Lipinski definition) is 0. The lowest BCUT2D eigenvalue weighted by Gasteiger charge is -2.37. The molecular weight excluding hydrogens is 328 g/mol. The highest BCUT2D eigenvalue weighted by Crippen LogP contribution is 2.33. The molecule has 0 atom stereocenters. The molecule has 0 radical (unpaired) electrons. The predicted molar refractivity (Wildman–Crippen MR) is 99.1 cm³/mol. The first-order valence-corrected chi connectivity index (χ1v) is 8.93. The Labute approximate surface area is 151 Å². The van der Waals surface area contributed by atoms with Gasteiger partial charge in [0, 0.05) is 30.4 Å². The normalized spacial score (nSPS) is 14.2. The van der Waals surface area contributed by atoms with Crippen molar-refractivity contribution in [1.82, 2.24) is 14.8 Å². The molecule has 1 amide bonds. The Kier molecular flexibility index (Phi) is 4.24. The maximum atomic E-state index is 13.1. The van der Waals surface area contributed by atoms with E-state index in [2.05, 4.69) is 10.1 Å². The Morgan fingerprint density at radius 3 is 2.73 bits per heavy atom. The van der Waals surface area contributed by atoms with Crippen LogP contribution in [0.15, 0.2) is 48.9 Å². The average molecular weight is 348 g/mol. The number of amides is 1. The molecule has 6 heteroatoms. The fraction of sp³-hybridized carbons (Fsp3) is 0.300. The zero-order chi connectivity index (χ0) is 18.1. The van der Waals surface area contributed by atoms with Gasteiger partial charge in [-0.05, 0) is 38.3 Å². The molecular formula is C20H20N4O2. The Hall–Kier alpha value is -3.02. The first-order valence-electron chi connectivity index (χ1n) is 8.93. The van der Waals surface area contributed by atoms with Crippen LogP contribution >= 0.6 is 0 Å². The lowest BCUT2D eigenvalue weighted by Crippen LogP contribution is -2.47. The van der Waals surface area contributed by atoms with Gasteiger partial charge in [0.15, 0.2) is 0 Å². The van der Waals surface area contributed by atoms with Gasteiger partial charge in [0.2, 0.25) is 0 Å². The summed E-state index contributed by atoms with van der Waals surface area (Å²) >= 11 is 0. The summed E-state index contributed by atoms with van der Waals surface area (Å²) in [6.45, 7) is 2.59. The van der Waals surface area contributed by atoms with Crippen LogP contribution < -0.4 is 4.90 Å². The van der Waals surface area contributed by atoms with Gasteiger partial charge in [0.05, 0.1) is 23.0 Å². The number of pyridine rings is 1. The van der Waals surface area contributed by atoms with Crippen molar-refractivity contribution in [3.05, 3.63) is 54.5 Å². The second kappa shape index (κ2) is 6.71. The maximum Gasteiger partial charge on any atom is 0.299 e. The van der Waals surface area contributed by atoms with Gasteiger partial charge < -0.3 is 4.90 Å². The first-order chi connectivity index (χ1) is 12.7. The number of carbonyl (C=O) groups excluding carboxylic acids is 2. The molecule has 1 aliphatic rings. The summed E-state index contributed by atoms with van der Waals surface area (Å²) in [5, 5.41) is 5.06. The molecule has 1 aromatic carbocycles. The van der Waals surface area contributed by atoms with Crippen LogP contribution in [0, 0.1) is 0 Å². The van der Waals surface area contributed by atoms with Gasteiger partial charge in [-0.3, -0.25) is 19.3 Å². The number of benzene rings is 1. The lowest BCUT2D eigenvalue weighted by molar-refractivity contribution is -0.115. The minimum atomic E-state index is -0.524. The van der Waals surface area contributed by atoms with Crippen LogP contribution in [0.4, 0.5) is 5.69 Å². The van der Waals surface area contributed by atoms with Crippen molar-refractivity contribution in [2.24, 2.45) is 0 Å². The van der Waals surface area contributed by atoms with E-state index < -0.39 is 11.7 Å². The Bertz CT molecular complexity index is 969. The molecule has 4 rings (SSSR count). The summed E-state index contributed by atoms with van der Waals surface area (Å²) in [7, 11) is 0. The summed E-state index contributed by atoms with van der Waals surface area (Å²) in [5.41, 5.74) is 1.77. The monoisotopic (exact) mass is 348 g/mol. The fourth-order valence-corrected chi connectivity index (χ4v) is 3.29. The molecule has 0 saturated heterocycles. The van der Waals surface area contributed by atoms with Crippen molar-refractivity contribution in [2.75, 3.05) is 4.90 Å². The molecule has 0 aliphatic heterocycles. The highest BCUT2D eigenvalue weighted by Gasteiger charge is 2.35. The summed E-state index contributed by atoms with van der Waals surface area (Å²) in [6.07, 6.45) is 7.66. The third kappa shape index (κ3) is 2.77. The van der Waals surface area contributed by atoms with Crippen LogP contribution in [0.5, 0.6) is 0 Å². The highest BCUT2D eigenvalue weighted by molar-refractivity contribution is 6.47. The van der Waals surface area contributed by atoms with Crippen LogP contribution in [-0.4, -0.2) is 32.5 Å². The van der Waals surface area contributed by atoms with Gasteiger partial charge in [-0.1, -0.05) is 18.2 Å². The molecule has 6 nitrogen and oxygen atoms in total. The van der Waals surface area contributed by atoms with E-state index in [1.807, 2.05) is 37.3 Å². The van der Waals surface area contributed by atoms with Gasteiger partial charge in [0.25, 0.3) is 11.7 Å². The largest absolute Gasteiger partial charge is 0.300 e. The van der Waals surface area contributed by atoms with E-state index in [4.69, 9.17) is 0 Å². The minimum Gasteiger partial charge on any atom is -0.300 e. The number of carbonyl (C=O) groups is 2. The zero-order valence-electron chi connectivity index (χ0n) is 14.6. The fourth-order valence-electron chi connectivity index (χ4n) is 3.29. The lowest BCUT2D eigenvalue weighted by atomic mass is 9.90. The van der Waals surface area contributed by atoms with E-state index in [1.165, 1.54) is 6.20 Å². The van der Waals surface area contributed by atoms with Gasteiger partial charge in [-0.15, -0.1) is 0 Å². The number of aromatic nitrogens is 3. The number of rotatable bonds is 5. The number of nitrogens with zero attached hydrogens (tertiary/aromatic N) is 4. The van der Waals surface area contributed by atoms with Gasteiger partial charge in [-0.25, -0.2) is 0 Å². The zero-order valence-corrected chi connectivity index (χ0v) is 14.6. The molecule has 1 fully saturated rings. The van der Waals surface area contributed by atoms with E-state index in [0.29, 0.717) is 17.8 Å². The van der Waals surface area contributed by atoms with Crippen molar-refractivity contribution in [2.45, 2.75) is 38.8 Å². The molecule has 0 bridgehead atoms. The van der Waals surface area contributed by atoms with E-state index in [-0.39, 0.29) is 6.04 Å². The Morgan fingerprint density at radius 2 is 2.04 bits per heavy atom. The molecule has 0 N–H and O–H groups in total. The highest BCUT2D eigenvalue weighted by atomic mass is 16.2.